The topological polar surface area (TPSA) is 71.7 Å². The molecule has 0 aliphatic rings. The number of aromatic nitrogens is 3. The zero-order chi connectivity index (χ0) is 18.8. The highest BCUT2D eigenvalue weighted by molar-refractivity contribution is 7.20. The van der Waals surface area contributed by atoms with Gasteiger partial charge < -0.3 is 15.2 Å². The zero-order valence-corrected chi connectivity index (χ0v) is 16.0. The Morgan fingerprint density at radius 2 is 1.89 bits per heavy atom. The number of hydrogen-bond acceptors (Lipinski definition) is 6. The molecule has 0 saturated heterocycles. The summed E-state index contributed by atoms with van der Waals surface area (Å²) in [7, 11) is 0. The Morgan fingerprint density at radius 1 is 1.15 bits per heavy atom. The van der Waals surface area contributed by atoms with Crippen LogP contribution in [0.5, 0.6) is 11.5 Å². The number of hydrogen-bond donors (Lipinski definition) is 2. The summed E-state index contributed by atoms with van der Waals surface area (Å²) in [5.41, 5.74) is 3.51. The smallest absolute Gasteiger partial charge is 0.214 e. The highest BCUT2D eigenvalue weighted by Gasteiger charge is 2.12. The maximum atomic E-state index is 9.93. The van der Waals surface area contributed by atoms with Gasteiger partial charge >= 0.3 is 0 Å². The van der Waals surface area contributed by atoms with Crippen LogP contribution in [0.3, 0.4) is 0 Å². The molecule has 138 valence electrons. The highest BCUT2D eigenvalue weighted by atomic mass is 32.1. The molecule has 4 aromatic rings. The lowest BCUT2D eigenvalue weighted by Crippen LogP contribution is -2.11. The van der Waals surface area contributed by atoms with Crippen LogP contribution in [-0.4, -0.2) is 32.9 Å². The van der Waals surface area contributed by atoms with Crippen LogP contribution in [0.1, 0.15) is 11.1 Å². The number of fused-ring (bicyclic) bond motifs is 1. The van der Waals surface area contributed by atoms with Gasteiger partial charge in [-0.05, 0) is 49.2 Å². The summed E-state index contributed by atoms with van der Waals surface area (Å²) >= 11 is 1.50. The molecule has 0 aliphatic carbocycles. The molecule has 0 atom stereocenters. The molecule has 4 rings (SSSR count). The molecule has 27 heavy (non-hydrogen) atoms. The summed E-state index contributed by atoms with van der Waals surface area (Å²) in [6.07, 6.45) is 1.91. The molecule has 2 heterocycles. The fourth-order valence-electron chi connectivity index (χ4n) is 2.86. The number of anilines is 1. The van der Waals surface area contributed by atoms with Crippen molar-refractivity contribution < 1.29 is 9.84 Å². The SMILES string of the molecule is Cc1cc(-c2cn3nc(NCCOc4ccccc4)sc3n2)cc(C)c1O. The lowest BCUT2D eigenvalue weighted by atomic mass is 10.0. The molecular weight excluding hydrogens is 360 g/mol. The first kappa shape index (κ1) is 17.4. The van der Waals surface area contributed by atoms with Crippen LogP contribution in [0.4, 0.5) is 5.13 Å². The van der Waals surface area contributed by atoms with Gasteiger partial charge in [-0.3, -0.25) is 0 Å². The first-order valence-electron chi connectivity index (χ1n) is 8.68. The molecule has 7 heteroatoms. The third kappa shape index (κ3) is 3.73. The van der Waals surface area contributed by atoms with Gasteiger partial charge in [-0.1, -0.05) is 29.5 Å². The van der Waals surface area contributed by atoms with E-state index in [0.717, 1.165) is 38.2 Å². The number of imidazole rings is 1. The quantitative estimate of drug-likeness (QED) is 0.489. The maximum Gasteiger partial charge on any atom is 0.214 e. The predicted octanol–water partition coefficient (Wildman–Crippen LogP) is 4.27. The van der Waals surface area contributed by atoms with Crippen LogP contribution in [-0.2, 0) is 0 Å². The second-order valence-corrected chi connectivity index (χ2v) is 7.26. The minimum absolute atomic E-state index is 0.335. The van der Waals surface area contributed by atoms with Gasteiger partial charge in [0.15, 0.2) is 0 Å². The highest BCUT2D eigenvalue weighted by Crippen LogP contribution is 2.30. The molecule has 0 bridgehead atoms. The van der Waals surface area contributed by atoms with E-state index in [1.54, 1.807) is 4.52 Å². The van der Waals surface area contributed by atoms with E-state index in [1.807, 2.05) is 62.5 Å². The molecule has 0 unspecified atom stereocenters. The van der Waals surface area contributed by atoms with Crippen molar-refractivity contribution in [3.63, 3.8) is 0 Å². The summed E-state index contributed by atoms with van der Waals surface area (Å²) in [4.78, 5) is 5.48. The normalized spacial score (nSPS) is 11.0. The van der Waals surface area contributed by atoms with Gasteiger partial charge in [0.2, 0.25) is 10.1 Å². The largest absolute Gasteiger partial charge is 0.507 e. The van der Waals surface area contributed by atoms with Crippen molar-refractivity contribution >= 4 is 21.4 Å². The van der Waals surface area contributed by atoms with Gasteiger partial charge in [-0.2, -0.15) is 0 Å². The van der Waals surface area contributed by atoms with Crippen molar-refractivity contribution in [1.82, 2.24) is 14.6 Å². The van der Waals surface area contributed by atoms with Gasteiger partial charge in [-0.25, -0.2) is 9.50 Å². The Bertz CT molecular complexity index is 1020. The van der Waals surface area contributed by atoms with Crippen LogP contribution in [0, 0.1) is 13.8 Å². The average Bonchev–Trinajstić information content (AvgIpc) is 3.22. The van der Waals surface area contributed by atoms with E-state index >= 15 is 0 Å². The van der Waals surface area contributed by atoms with Crippen LogP contribution in [0.15, 0.2) is 48.7 Å². The molecule has 2 aromatic heterocycles. The van der Waals surface area contributed by atoms with E-state index in [1.165, 1.54) is 11.3 Å². The number of nitrogens with one attached hydrogen (secondary N) is 1. The van der Waals surface area contributed by atoms with Gasteiger partial charge in [0.1, 0.15) is 18.1 Å². The third-order valence-electron chi connectivity index (χ3n) is 4.22. The van der Waals surface area contributed by atoms with Gasteiger partial charge in [0.05, 0.1) is 18.4 Å². The van der Waals surface area contributed by atoms with Crippen LogP contribution < -0.4 is 10.1 Å². The molecule has 2 aromatic carbocycles. The standard InChI is InChI=1S/C20H20N4O2S/c1-13-10-15(11-14(2)18(13)25)17-12-24-20(22-17)27-19(23-24)21-8-9-26-16-6-4-3-5-7-16/h3-7,10-12,25H,8-9H2,1-2H3,(H,21,23). The number of para-hydroxylation sites is 1. The Labute approximate surface area is 161 Å². The number of nitrogens with zero attached hydrogens (tertiary/aromatic N) is 3. The van der Waals surface area contributed by atoms with Crippen molar-refractivity contribution in [3.05, 3.63) is 59.8 Å². The van der Waals surface area contributed by atoms with E-state index in [-0.39, 0.29) is 0 Å². The Morgan fingerprint density at radius 3 is 2.59 bits per heavy atom. The van der Waals surface area contributed by atoms with Crippen LogP contribution in [0.2, 0.25) is 0 Å². The first-order valence-corrected chi connectivity index (χ1v) is 9.50. The van der Waals surface area contributed by atoms with E-state index in [2.05, 4.69) is 15.4 Å². The molecule has 2 N–H and O–H groups in total. The Hall–Kier alpha value is -3.06. The summed E-state index contributed by atoms with van der Waals surface area (Å²) in [5.74, 6) is 1.19. The van der Waals surface area contributed by atoms with Crippen molar-refractivity contribution in [2.75, 3.05) is 18.5 Å². The van der Waals surface area contributed by atoms with Crippen molar-refractivity contribution in [2.24, 2.45) is 0 Å². The van der Waals surface area contributed by atoms with Crippen molar-refractivity contribution in [3.8, 4) is 22.8 Å². The van der Waals surface area contributed by atoms with E-state index in [0.29, 0.717) is 18.9 Å². The lowest BCUT2D eigenvalue weighted by Gasteiger charge is -2.06. The number of benzene rings is 2. The van der Waals surface area contributed by atoms with E-state index < -0.39 is 0 Å². The minimum Gasteiger partial charge on any atom is -0.507 e. The maximum absolute atomic E-state index is 9.93. The summed E-state index contributed by atoms with van der Waals surface area (Å²) in [6, 6.07) is 13.6. The number of aryl methyl sites for hydroxylation is 2. The predicted molar refractivity (Wildman–Crippen MR) is 108 cm³/mol. The van der Waals surface area contributed by atoms with Gasteiger partial charge in [0, 0.05) is 5.56 Å². The van der Waals surface area contributed by atoms with Crippen LogP contribution in [0.25, 0.3) is 16.2 Å². The average molecular weight is 380 g/mol. The first-order chi connectivity index (χ1) is 13.1. The molecular formula is C20H20N4O2S. The van der Waals surface area contributed by atoms with Crippen molar-refractivity contribution in [1.29, 1.82) is 0 Å². The monoisotopic (exact) mass is 380 g/mol. The molecule has 0 amide bonds. The van der Waals surface area contributed by atoms with E-state index in [4.69, 9.17) is 4.74 Å². The molecule has 0 radical (unpaired) electrons. The number of rotatable bonds is 6. The Kier molecular flexibility index (Phi) is 4.68. The summed E-state index contributed by atoms with van der Waals surface area (Å²) in [6.45, 7) is 5.00. The fourth-order valence-corrected chi connectivity index (χ4v) is 3.67. The molecule has 0 fully saturated rings. The second-order valence-electron chi connectivity index (χ2n) is 6.31. The Balaban J connectivity index is 1.41. The minimum atomic E-state index is 0.335. The second kappa shape index (κ2) is 7.28. The van der Waals surface area contributed by atoms with E-state index in [9.17, 15) is 5.11 Å². The number of ether oxygens (including phenoxy) is 1. The summed E-state index contributed by atoms with van der Waals surface area (Å²) < 4.78 is 7.44. The molecule has 6 nitrogen and oxygen atoms in total. The van der Waals surface area contributed by atoms with Gasteiger partial charge in [0.25, 0.3) is 0 Å². The number of aromatic hydroxyl groups is 1. The fraction of sp³-hybridized carbons (Fsp3) is 0.200. The third-order valence-corrected chi connectivity index (χ3v) is 5.10. The lowest BCUT2D eigenvalue weighted by molar-refractivity contribution is 0.333. The zero-order valence-electron chi connectivity index (χ0n) is 15.1. The molecule has 0 aliphatic heterocycles. The summed E-state index contributed by atoms with van der Waals surface area (Å²) in [5, 5.41) is 18.5. The van der Waals surface area contributed by atoms with Crippen molar-refractivity contribution in [2.45, 2.75) is 13.8 Å². The number of phenolic OH excluding ortho intramolecular Hbond substituents is 1. The van der Waals surface area contributed by atoms with Crippen LogP contribution >= 0.6 is 11.3 Å². The molecule has 0 saturated carbocycles. The molecule has 0 spiro atoms. The number of phenols is 1. The van der Waals surface area contributed by atoms with Gasteiger partial charge in [-0.15, -0.1) is 5.10 Å².